The number of halogens is 1. The molecule has 14 heavy (non-hydrogen) atoms. The minimum absolute atomic E-state index is 0. The molecular formula is C11H16ClNO. The van der Waals surface area contributed by atoms with Crippen LogP contribution in [0.4, 0.5) is 0 Å². The van der Waals surface area contributed by atoms with E-state index in [9.17, 15) is 0 Å². The second-order valence-electron chi connectivity index (χ2n) is 3.59. The van der Waals surface area contributed by atoms with E-state index in [0.29, 0.717) is 6.61 Å². The Hall–Kier alpha value is -0.730. The maximum Gasteiger partial charge on any atom is 0.124 e. The van der Waals surface area contributed by atoms with Crippen molar-refractivity contribution >= 4 is 12.4 Å². The van der Waals surface area contributed by atoms with Gasteiger partial charge in [0.2, 0.25) is 0 Å². The van der Waals surface area contributed by atoms with Crippen molar-refractivity contribution in [3.63, 3.8) is 0 Å². The molecular weight excluding hydrogens is 198 g/mol. The molecule has 78 valence electrons. The first kappa shape index (κ1) is 11.3. The van der Waals surface area contributed by atoms with Gasteiger partial charge in [-0.2, -0.15) is 0 Å². The number of rotatable bonds is 3. The lowest BCUT2D eigenvalue weighted by Gasteiger charge is -2.14. The van der Waals surface area contributed by atoms with E-state index >= 15 is 0 Å². The SMILES string of the molecule is CCOc1ccccc1C1(N)CC1.Cl. The molecule has 3 heteroatoms. The first-order valence-corrected chi connectivity index (χ1v) is 4.77. The molecule has 1 saturated carbocycles. The van der Waals surface area contributed by atoms with Gasteiger partial charge in [-0.15, -0.1) is 12.4 Å². The zero-order valence-electron chi connectivity index (χ0n) is 8.32. The molecule has 1 aliphatic rings. The summed E-state index contributed by atoms with van der Waals surface area (Å²) in [5.74, 6) is 0.949. The number of ether oxygens (including phenoxy) is 1. The van der Waals surface area contributed by atoms with E-state index in [-0.39, 0.29) is 17.9 Å². The van der Waals surface area contributed by atoms with Crippen LogP contribution in [0.5, 0.6) is 5.75 Å². The normalized spacial score (nSPS) is 17.0. The first-order chi connectivity index (χ1) is 6.26. The molecule has 1 aromatic rings. The molecule has 0 aromatic heterocycles. The van der Waals surface area contributed by atoms with Gasteiger partial charge in [0, 0.05) is 11.1 Å². The number of nitrogens with two attached hydrogens (primary N) is 1. The Morgan fingerprint density at radius 2 is 2.00 bits per heavy atom. The van der Waals surface area contributed by atoms with Crippen molar-refractivity contribution in [2.45, 2.75) is 25.3 Å². The Morgan fingerprint density at radius 3 is 2.57 bits per heavy atom. The summed E-state index contributed by atoms with van der Waals surface area (Å²) in [6.45, 7) is 2.69. The van der Waals surface area contributed by atoms with E-state index in [4.69, 9.17) is 10.5 Å². The summed E-state index contributed by atoms with van der Waals surface area (Å²) in [6, 6.07) is 8.06. The van der Waals surface area contributed by atoms with Crippen molar-refractivity contribution in [1.29, 1.82) is 0 Å². The van der Waals surface area contributed by atoms with Gasteiger partial charge in [-0.25, -0.2) is 0 Å². The fourth-order valence-electron chi connectivity index (χ4n) is 1.56. The standard InChI is InChI=1S/C11H15NO.ClH/c1-2-13-10-6-4-3-5-9(10)11(12)7-8-11;/h3-6H,2,7-8,12H2,1H3;1H. The topological polar surface area (TPSA) is 35.2 Å². The maximum atomic E-state index is 6.12. The van der Waals surface area contributed by atoms with Crippen LogP contribution < -0.4 is 10.5 Å². The van der Waals surface area contributed by atoms with Crippen LogP contribution in [0.2, 0.25) is 0 Å². The fourth-order valence-corrected chi connectivity index (χ4v) is 1.56. The molecule has 2 nitrogen and oxygen atoms in total. The zero-order chi connectivity index (χ0) is 9.31. The summed E-state index contributed by atoms with van der Waals surface area (Å²) < 4.78 is 5.52. The van der Waals surface area contributed by atoms with Crippen LogP contribution in [0.3, 0.4) is 0 Å². The molecule has 1 aliphatic carbocycles. The van der Waals surface area contributed by atoms with E-state index < -0.39 is 0 Å². The quantitative estimate of drug-likeness (QED) is 0.837. The predicted octanol–water partition coefficient (Wildman–Crippen LogP) is 2.45. The number of hydrogen-bond donors (Lipinski definition) is 1. The molecule has 0 saturated heterocycles. The van der Waals surface area contributed by atoms with E-state index in [1.54, 1.807) is 0 Å². The molecule has 0 aliphatic heterocycles. The van der Waals surface area contributed by atoms with Crippen LogP contribution in [0, 0.1) is 0 Å². The van der Waals surface area contributed by atoms with Gasteiger partial charge in [0.05, 0.1) is 6.61 Å². The van der Waals surface area contributed by atoms with Crippen molar-refractivity contribution in [3.8, 4) is 5.75 Å². The van der Waals surface area contributed by atoms with Gasteiger partial charge in [-0.05, 0) is 25.8 Å². The maximum absolute atomic E-state index is 6.12. The van der Waals surface area contributed by atoms with Gasteiger partial charge >= 0.3 is 0 Å². The highest BCUT2D eigenvalue weighted by atomic mass is 35.5. The van der Waals surface area contributed by atoms with E-state index in [0.717, 1.165) is 24.2 Å². The average molecular weight is 214 g/mol. The minimum atomic E-state index is -0.0915. The molecule has 0 radical (unpaired) electrons. The largest absolute Gasteiger partial charge is 0.494 e. The number of hydrogen-bond acceptors (Lipinski definition) is 2. The van der Waals surface area contributed by atoms with Gasteiger partial charge < -0.3 is 10.5 Å². The van der Waals surface area contributed by atoms with Gasteiger partial charge in [0.25, 0.3) is 0 Å². The van der Waals surface area contributed by atoms with Gasteiger partial charge in [-0.3, -0.25) is 0 Å². The van der Waals surface area contributed by atoms with Gasteiger partial charge in [0.1, 0.15) is 5.75 Å². The van der Waals surface area contributed by atoms with Crippen molar-refractivity contribution in [2.75, 3.05) is 6.61 Å². The lowest BCUT2D eigenvalue weighted by atomic mass is 10.1. The van der Waals surface area contributed by atoms with Crippen LogP contribution in [0.25, 0.3) is 0 Å². The molecule has 0 spiro atoms. The van der Waals surface area contributed by atoms with Crippen LogP contribution in [0.1, 0.15) is 25.3 Å². The molecule has 0 amide bonds. The van der Waals surface area contributed by atoms with E-state index in [2.05, 4.69) is 6.07 Å². The molecule has 0 heterocycles. The summed E-state index contributed by atoms with van der Waals surface area (Å²) in [5, 5.41) is 0. The summed E-state index contributed by atoms with van der Waals surface area (Å²) in [4.78, 5) is 0. The number of benzene rings is 1. The highest BCUT2D eigenvalue weighted by molar-refractivity contribution is 5.85. The molecule has 0 unspecified atom stereocenters. The second-order valence-corrected chi connectivity index (χ2v) is 3.59. The summed E-state index contributed by atoms with van der Waals surface area (Å²) in [7, 11) is 0. The van der Waals surface area contributed by atoms with E-state index in [1.165, 1.54) is 0 Å². The molecule has 0 bridgehead atoms. The third-order valence-corrected chi connectivity index (χ3v) is 2.51. The third kappa shape index (κ3) is 2.02. The molecule has 1 aromatic carbocycles. The van der Waals surface area contributed by atoms with Crippen LogP contribution in [-0.4, -0.2) is 6.61 Å². The average Bonchev–Trinajstić information content (AvgIpc) is 2.86. The van der Waals surface area contributed by atoms with Crippen molar-refractivity contribution in [1.82, 2.24) is 0 Å². The fraction of sp³-hybridized carbons (Fsp3) is 0.455. The Morgan fingerprint density at radius 1 is 1.36 bits per heavy atom. The highest BCUT2D eigenvalue weighted by Crippen LogP contribution is 2.46. The first-order valence-electron chi connectivity index (χ1n) is 4.77. The predicted molar refractivity (Wildman–Crippen MR) is 60.0 cm³/mol. The smallest absolute Gasteiger partial charge is 0.124 e. The molecule has 2 rings (SSSR count). The van der Waals surface area contributed by atoms with Crippen LogP contribution >= 0.6 is 12.4 Å². The lowest BCUT2D eigenvalue weighted by Crippen LogP contribution is -2.19. The van der Waals surface area contributed by atoms with E-state index in [1.807, 2.05) is 25.1 Å². The lowest BCUT2D eigenvalue weighted by molar-refractivity contribution is 0.333. The summed E-state index contributed by atoms with van der Waals surface area (Å²) >= 11 is 0. The number of para-hydroxylation sites is 1. The summed E-state index contributed by atoms with van der Waals surface area (Å²) in [5.41, 5.74) is 7.19. The van der Waals surface area contributed by atoms with Gasteiger partial charge in [0.15, 0.2) is 0 Å². The summed E-state index contributed by atoms with van der Waals surface area (Å²) in [6.07, 6.45) is 2.16. The Kier molecular flexibility index (Phi) is 3.40. The Balaban J connectivity index is 0.000000980. The molecule has 1 fully saturated rings. The second kappa shape index (κ2) is 4.20. The van der Waals surface area contributed by atoms with Crippen molar-refractivity contribution < 1.29 is 4.74 Å². The monoisotopic (exact) mass is 213 g/mol. The van der Waals surface area contributed by atoms with Crippen molar-refractivity contribution in [2.24, 2.45) is 5.73 Å². The van der Waals surface area contributed by atoms with Crippen molar-refractivity contribution in [3.05, 3.63) is 29.8 Å². The minimum Gasteiger partial charge on any atom is -0.494 e. The Labute approximate surface area is 90.9 Å². The van der Waals surface area contributed by atoms with Gasteiger partial charge in [-0.1, -0.05) is 18.2 Å². The third-order valence-electron chi connectivity index (χ3n) is 2.51. The zero-order valence-corrected chi connectivity index (χ0v) is 9.14. The molecule has 0 atom stereocenters. The Bertz CT molecular complexity index is 310. The van der Waals surface area contributed by atoms with Crippen LogP contribution in [-0.2, 0) is 5.54 Å². The van der Waals surface area contributed by atoms with Crippen LogP contribution in [0.15, 0.2) is 24.3 Å². The molecule has 2 N–H and O–H groups in total. The highest BCUT2D eigenvalue weighted by Gasteiger charge is 2.41.